The largest absolute Gasteiger partial charge is 0.497 e. The van der Waals surface area contributed by atoms with E-state index >= 15 is 0 Å². The van der Waals surface area contributed by atoms with E-state index in [4.69, 9.17) is 9.47 Å². The zero-order valence-electron chi connectivity index (χ0n) is 15.3. The van der Waals surface area contributed by atoms with E-state index in [2.05, 4.69) is 20.8 Å². The molecule has 0 fully saturated rings. The van der Waals surface area contributed by atoms with E-state index in [0.717, 1.165) is 17.0 Å². The van der Waals surface area contributed by atoms with Crippen molar-refractivity contribution in [2.24, 2.45) is 0 Å². The van der Waals surface area contributed by atoms with Crippen LogP contribution >= 0.6 is 11.3 Å². The fourth-order valence-electron chi connectivity index (χ4n) is 2.26. The van der Waals surface area contributed by atoms with Crippen LogP contribution in [0.15, 0.2) is 42.5 Å². The van der Waals surface area contributed by atoms with Gasteiger partial charge < -0.3 is 14.8 Å². The van der Waals surface area contributed by atoms with Gasteiger partial charge in [0.1, 0.15) is 18.1 Å². The Kier molecular flexibility index (Phi) is 5.87. The SMILES string of the molecule is COc1ccc(OCc2nnc(NC(=O)Nc3ccc(C)c(C)c3)s2)cc1. The average Bonchev–Trinajstić information content (AvgIpc) is 3.10. The van der Waals surface area contributed by atoms with Gasteiger partial charge in [-0.05, 0) is 61.4 Å². The number of amides is 2. The van der Waals surface area contributed by atoms with Crippen LogP contribution in [0.5, 0.6) is 11.5 Å². The first-order chi connectivity index (χ1) is 13.0. The van der Waals surface area contributed by atoms with Crippen molar-refractivity contribution in [1.82, 2.24) is 10.2 Å². The number of methoxy groups -OCH3 is 1. The molecule has 2 aromatic carbocycles. The van der Waals surface area contributed by atoms with Crippen LogP contribution in [0.25, 0.3) is 0 Å². The number of ether oxygens (including phenoxy) is 2. The van der Waals surface area contributed by atoms with Gasteiger partial charge in [0.2, 0.25) is 5.13 Å². The molecule has 7 nitrogen and oxygen atoms in total. The Labute approximate surface area is 161 Å². The molecule has 0 aliphatic heterocycles. The van der Waals surface area contributed by atoms with E-state index in [-0.39, 0.29) is 12.6 Å². The minimum Gasteiger partial charge on any atom is -0.497 e. The fourth-order valence-corrected chi connectivity index (χ4v) is 2.91. The second-order valence-corrected chi connectivity index (χ2v) is 6.91. The predicted molar refractivity (Wildman–Crippen MR) is 106 cm³/mol. The third-order valence-electron chi connectivity index (χ3n) is 3.87. The highest BCUT2D eigenvalue weighted by Crippen LogP contribution is 2.21. The minimum absolute atomic E-state index is 0.268. The Bertz CT molecular complexity index is 925. The van der Waals surface area contributed by atoms with Crippen molar-refractivity contribution >= 4 is 28.2 Å². The average molecular weight is 384 g/mol. The zero-order chi connectivity index (χ0) is 19.2. The third-order valence-corrected chi connectivity index (χ3v) is 4.69. The highest BCUT2D eigenvalue weighted by molar-refractivity contribution is 7.15. The summed E-state index contributed by atoms with van der Waals surface area (Å²) in [6.45, 7) is 4.29. The number of anilines is 2. The lowest BCUT2D eigenvalue weighted by atomic mass is 10.1. The monoisotopic (exact) mass is 384 g/mol. The summed E-state index contributed by atoms with van der Waals surface area (Å²) in [4.78, 5) is 12.1. The summed E-state index contributed by atoms with van der Waals surface area (Å²) in [5, 5.41) is 14.5. The van der Waals surface area contributed by atoms with Gasteiger partial charge in [0.05, 0.1) is 7.11 Å². The van der Waals surface area contributed by atoms with Crippen LogP contribution in [0.2, 0.25) is 0 Å². The van der Waals surface area contributed by atoms with Crippen LogP contribution in [-0.2, 0) is 6.61 Å². The number of carbonyl (C=O) groups excluding carboxylic acids is 1. The first kappa shape index (κ1) is 18.7. The molecule has 8 heteroatoms. The van der Waals surface area contributed by atoms with Crippen LogP contribution in [0.4, 0.5) is 15.6 Å². The summed E-state index contributed by atoms with van der Waals surface area (Å²) < 4.78 is 10.8. The second-order valence-electron chi connectivity index (χ2n) is 5.84. The lowest BCUT2D eigenvalue weighted by Crippen LogP contribution is -2.19. The first-order valence-corrected chi connectivity index (χ1v) is 9.09. The number of rotatable bonds is 6. The number of nitrogens with zero attached hydrogens (tertiary/aromatic N) is 2. The molecule has 0 unspecified atom stereocenters. The molecule has 0 saturated carbocycles. The van der Waals surface area contributed by atoms with Gasteiger partial charge in [-0.2, -0.15) is 0 Å². The summed E-state index contributed by atoms with van der Waals surface area (Å²) >= 11 is 1.26. The maximum absolute atomic E-state index is 12.1. The molecule has 3 aromatic rings. The van der Waals surface area contributed by atoms with E-state index in [1.54, 1.807) is 7.11 Å². The molecule has 0 spiro atoms. The van der Waals surface area contributed by atoms with Gasteiger partial charge in [0.25, 0.3) is 0 Å². The summed E-state index contributed by atoms with van der Waals surface area (Å²) in [7, 11) is 1.61. The van der Waals surface area contributed by atoms with Crippen LogP contribution in [0.1, 0.15) is 16.1 Å². The van der Waals surface area contributed by atoms with Crippen LogP contribution in [0, 0.1) is 13.8 Å². The van der Waals surface area contributed by atoms with E-state index in [9.17, 15) is 4.79 Å². The lowest BCUT2D eigenvalue weighted by molar-refractivity contribution is 0.262. The molecule has 0 aliphatic rings. The van der Waals surface area contributed by atoms with Crippen LogP contribution in [-0.4, -0.2) is 23.3 Å². The molecule has 3 rings (SSSR count). The molecule has 140 valence electrons. The molecular formula is C19H20N4O3S. The Hall–Kier alpha value is -3.13. The number of urea groups is 1. The maximum Gasteiger partial charge on any atom is 0.325 e. The molecule has 1 heterocycles. The first-order valence-electron chi connectivity index (χ1n) is 8.28. The van der Waals surface area contributed by atoms with Gasteiger partial charge in [-0.15, -0.1) is 10.2 Å². The summed E-state index contributed by atoms with van der Waals surface area (Å²) in [5.41, 5.74) is 3.01. The van der Waals surface area contributed by atoms with Gasteiger partial charge >= 0.3 is 6.03 Å². The normalized spacial score (nSPS) is 10.3. The molecule has 0 saturated heterocycles. The number of hydrogen-bond donors (Lipinski definition) is 2. The molecule has 2 N–H and O–H groups in total. The highest BCUT2D eigenvalue weighted by Gasteiger charge is 2.09. The lowest BCUT2D eigenvalue weighted by Gasteiger charge is -2.07. The molecular weight excluding hydrogens is 364 g/mol. The second kappa shape index (κ2) is 8.50. The topological polar surface area (TPSA) is 85.4 Å². The van der Waals surface area contributed by atoms with Crippen molar-refractivity contribution in [2.45, 2.75) is 20.5 Å². The number of aryl methyl sites for hydroxylation is 2. The molecule has 0 bridgehead atoms. The Balaban J connectivity index is 1.52. The quantitative estimate of drug-likeness (QED) is 0.658. The summed E-state index contributed by atoms with van der Waals surface area (Å²) in [5.74, 6) is 1.47. The van der Waals surface area contributed by atoms with Crippen molar-refractivity contribution in [1.29, 1.82) is 0 Å². The van der Waals surface area contributed by atoms with Gasteiger partial charge in [-0.3, -0.25) is 5.32 Å². The summed E-state index contributed by atoms with van der Waals surface area (Å²) in [6, 6.07) is 12.6. The number of hydrogen-bond acceptors (Lipinski definition) is 6. The maximum atomic E-state index is 12.1. The number of benzene rings is 2. The molecule has 0 radical (unpaired) electrons. The molecule has 1 aromatic heterocycles. The van der Waals surface area contributed by atoms with Crippen molar-refractivity contribution in [3.63, 3.8) is 0 Å². The standard InChI is InChI=1S/C19H20N4O3S/c1-12-4-5-14(10-13(12)2)20-18(24)21-19-23-22-17(27-19)11-26-16-8-6-15(25-3)7-9-16/h4-10H,11H2,1-3H3,(H2,20,21,23,24). The number of nitrogens with one attached hydrogen (secondary N) is 2. The van der Waals surface area contributed by atoms with E-state index in [1.807, 2.05) is 56.3 Å². The zero-order valence-corrected chi connectivity index (χ0v) is 16.1. The summed E-state index contributed by atoms with van der Waals surface area (Å²) in [6.07, 6.45) is 0. The van der Waals surface area contributed by atoms with Crippen LogP contribution < -0.4 is 20.1 Å². The highest BCUT2D eigenvalue weighted by atomic mass is 32.1. The molecule has 0 aliphatic carbocycles. The third kappa shape index (κ3) is 5.18. The fraction of sp³-hybridized carbons (Fsp3) is 0.211. The van der Waals surface area contributed by atoms with Gasteiger partial charge in [-0.1, -0.05) is 17.4 Å². The smallest absolute Gasteiger partial charge is 0.325 e. The molecule has 27 heavy (non-hydrogen) atoms. The van der Waals surface area contributed by atoms with Crippen molar-refractivity contribution in [2.75, 3.05) is 17.7 Å². The minimum atomic E-state index is -0.364. The van der Waals surface area contributed by atoms with E-state index in [0.29, 0.717) is 15.9 Å². The van der Waals surface area contributed by atoms with Gasteiger partial charge in [-0.25, -0.2) is 4.79 Å². The van der Waals surface area contributed by atoms with Gasteiger partial charge in [0.15, 0.2) is 5.01 Å². The van der Waals surface area contributed by atoms with E-state index in [1.165, 1.54) is 16.9 Å². The Morgan fingerprint density at radius 1 is 1.00 bits per heavy atom. The number of aromatic nitrogens is 2. The van der Waals surface area contributed by atoms with E-state index < -0.39 is 0 Å². The molecule has 2 amide bonds. The van der Waals surface area contributed by atoms with Gasteiger partial charge in [0, 0.05) is 5.69 Å². The van der Waals surface area contributed by atoms with Crippen molar-refractivity contribution < 1.29 is 14.3 Å². The number of carbonyl (C=O) groups is 1. The van der Waals surface area contributed by atoms with Crippen molar-refractivity contribution in [3.05, 3.63) is 58.6 Å². The van der Waals surface area contributed by atoms with Crippen LogP contribution in [0.3, 0.4) is 0 Å². The Morgan fingerprint density at radius 3 is 2.44 bits per heavy atom. The predicted octanol–water partition coefficient (Wildman–Crippen LogP) is 4.39. The molecule has 0 atom stereocenters. The Morgan fingerprint density at radius 2 is 1.74 bits per heavy atom. The van der Waals surface area contributed by atoms with Crippen molar-refractivity contribution in [3.8, 4) is 11.5 Å².